The summed E-state index contributed by atoms with van der Waals surface area (Å²) in [6, 6.07) is 17.6. The molecule has 0 fully saturated rings. The van der Waals surface area contributed by atoms with Gasteiger partial charge in [-0.3, -0.25) is 5.10 Å². The predicted molar refractivity (Wildman–Crippen MR) is 102 cm³/mol. The van der Waals surface area contributed by atoms with E-state index in [1.807, 2.05) is 54.6 Å². The minimum Gasteiger partial charge on any atom is -0.497 e. The van der Waals surface area contributed by atoms with E-state index >= 15 is 0 Å². The molecule has 4 aromatic rings. The number of anilines is 1. The van der Waals surface area contributed by atoms with Crippen LogP contribution in [0.25, 0.3) is 33.4 Å². The summed E-state index contributed by atoms with van der Waals surface area (Å²) in [4.78, 5) is 4.65. The van der Waals surface area contributed by atoms with E-state index in [-0.39, 0.29) is 0 Å². The average Bonchev–Trinajstić information content (AvgIpc) is 3.08. The molecule has 2 heterocycles. The number of methoxy groups -OCH3 is 2. The number of nitrogens with zero attached hydrogens (tertiary/aromatic N) is 2. The maximum atomic E-state index is 6.10. The second kappa shape index (κ2) is 6.40. The molecule has 0 aliphatic heterocycles. The normalized spacial score (nSPS) is 10.8. The summed E-state index contributed by atoms with van der Waals surface area (Å²) in [6.45, 7) is 0. The lowest BCUT2D eigenvalue weighted by molar-refractivity contribution is 0.415. The largest absolute Gasteiger partial charge is 0.497 e. The highest BCUT2D eigenvalue weighted by Crippen LogP contribution is 2.35. The van der Waals surface area contributed by atoms with Gasteiger partial charge < -0.3 is 15.2 Å². The average molecular weight is 346 g/mol. The lowest BCUT2D eigenvalue weighted by Crippen LogP contribution is -1.92. The van der Waals surface area contributed by atoms with Gasteiger partial charge in [-0.15, -0.1) is 0 Å². The molecule has 0 aliphatic carbocycles. The fourth-order valence-electron chi connectivity index (χ4n) is 2.96. The molecule has 0 saturated heterocycles. The minimum atomic E-state index is 0.500. The lowest BCUT2D eigenvalue weighted by Gasteiger charge is -2.09. The zero-order valence-electron chi connectivity index (χ0n) is 14.5. The third kappa shape index (κ3) is 2.71. The quantitative estimate of drug-likeness (QED) is 0.585. The molecule has 0 spiro atoms. The Kier molecular flexibility index (Phi) is 3.93. The summed E-state index contributed by atoms with van der Waals surface area (Å²) in [6.07, 6.45) is 0. The first kappa shape index (κ1) is 16.0. The molecule has 26 heavy (non-hydrogen) atoms. The van der Waals surface area contributed by atoms with Crippen LogP contribution >= 0.6 is 0 Å². The summed E-state index contributed by atoms with van der Waals surface area (Å²) in [7, 11) is 3.29. The van der Waals surface area contributed by atoms with Gasteiger partial charge in [-0.05, 0) is 53.6 Å². The highest BCUT2D eigenvalue weighted by Gasteiger charge is 2.14. The summed E-state index contributed by atoms with van der Waals surface area (Å²) < 4.78 is 10.5. The first-order valence-corrected chi connectivity index (χ1v) is 8.13. The molecule has 0 amide bonds. The van der Waals surface area contributed by atoms with E-state index in [1.54, 1.807) is 14.2 Å². The van der Waals surface area contributed by atoms with Crippen LogP contribution in [0.5, 0.6) is 11.5 Å². The van der Waals surface area contributed by atoms with Gasteiger partial charge in [-0.2, -0.15) is 5.10 Å². The molecule has 130 valence electrons. The third-order valence-electron chi connectivity index (χ3n) is 4.34. The smallest absolute Gasteiger partial charge is 0.184 e. The number of nitrogen functional groups attached to an aromatic ring is 1. The van der Waals surface area contributed by atoms with E-state index < -0.39 is 0 Å². The van der Waals surface area contributed by atoms with Crippen molar-refractivity contribution in [1.82, 2.24) is 15.2 Å². The number of pyridine rings is 1. The van der Waals surface area contributed by atoms with Crippen LogP contribution in [0.2, 0.25) is 0 Å². The molecule has 3 N–H and O–H groups in total. The van der Waals surface area contributed by atoms with Gasteiger partial charge in [-0.1, -0.05) is 12.1 Å². The fraction of sp³-hybridized carbons (Fsp3) is 0.100. The Labute approximate surface area is 150 Å². The van der Waals surface area contributed by atoms with Gasteiger partial charge in [0, 0.05) is 5.56 Å². The van der Waals surface area contributed by atoms with Gasteiger partial charge >= 0.3 is 0 Å². The zero-order valence-corrected chi connectivity index (χ0v) is 14.5. The molecule has 6 nitrogen and oxygen atoms in total. The van der Waals surface area contributed by atoms with Crippen molar-refractivity contribution in [3.63, 3.8) is 0 Å². The SMILES string of the molecule is COc1ccc(-c2cc(-c3ccc(OC)cc3)c3c(N)[nH]nc3n2)cc1. The number of ether oxygens (including phenoxy) is 2. The number of fused-ring (bicyclic) bond motifs is 1. The van der Waals surface area contributed by atoms with Crippen molar-refractivity contribution in [3.8, 4) is 33.9 Å². The molecule has 0 atom stereocenters. The number of aromatic nitrogens is 3. The Bertz CT molecular complexity index is 1050. The second-order valence-electron chi connectivity index (χ2n) is 5.85. The van der Waals surface area contributed by atoms with E-state index in [9.17, 15) is 0 Å². The number of benzene rings is 2. The van der Waals surface area contributed by atoms with E-state index in [2.05, 4.69) is 15.2 Å². The summed E-state index contributed by atoms with van der Waals surface area (Å²) in [5, 5.41) is 7.89. The Morgan fingerprint density at radius 2 is 1.42 bits per heavy atom. The first-order valence-electron chi connectivity index (χ1n) is 8.13. The van der Waals surface area contributed by atoms with Crippen LogP contribution in [0.4, 0.5) is 5.82 Å². The molecule has 2 aromatic carbocycles. The number of rotatable bonds is 4. The van der Waals surface area contributed by atoms with Crippen LogP contribution in [0.1, 0.15) is 0 Å². The van der Waals surface area contributed by atoms with E-state index in [0.29, 0.717) is 11.5 Å². The number of hydrogen-bond donors (Lipinski definition) is 2. The lowest BCUT2D eigenvalue weighted by atomic mass is 10.00. The van der Waals surface area contributed by atoms with Gasteiger partial charge in [0.2, 0.25) is 0 Å². The monoisotopic (exact) mass is 346 g/mol. The Balaban J connectivity index is 1.90. The zero-order chi connectivity index (χ0) is 18.1. The molecule has 0 radical (unpaired) electrons. The number of aromatic amines is 1. The Morgan fingerprint density at radius 1 is 0.846 bits per heavy atom. The molecule has 0 saturated carbocycles. The van der Waals surface area contributed by atoms with Gasteiger partial charge in [-0.25, -0.2) is 4.98 Å². The number of nitrogens with one attached hydrogen (secondary N) is 1. The van der Waals surface area contributed by atoms with Crippen molar-refractivity contribution in [1.29, 1.82) is 0 Å². The van der Waals surface area contributed by atoms with Crippen molar-refractivity contribution >= 4 is 16.9 Å². The maximum Gasteiger partial charge on any atom is 0.184 e. The molecule has 0 unspecified atom stereocenters. The number of H-pyrrole nitrogens is 1. The molecule has 6 heteroatoms. The molecule has 0 aliphatic rings. The van der Waals surface area contributed by atoms with Crippen molar-refractivity contribution < 1.29 is 9.47 Å². The van der Waals surface area contributed by atoms with Gasteiger partial charge in [0.25, 0.3) is 0 Å². The van der Waals surface area contributed by atoms with Crippen molar-refractivity contribution in [2.24, 2.45) is 0 Å². The van der Waals surface area contributed by atoms with Crippen molar-refractivity contribution in [3.05, 3.63) is 54.6 Å². The van der Waals surface area contributed by atoms with Gasteiger partial charge in [0.05, 0.1) is 25.3 Å². The second-order valence-corrected chi connectivity index (χ2v) is 5.85. The standard InChI is InChI=1S/C20H18N4O2/c1-25-14-7-3-12(4-8-14)16-11-17(13-5-9-15(26-2)10-6-13)22-20-18(16)19(21)23-24-20/h3-11H,1-2H3,(H3,21,22,23,24). The van der Waals surface area contributed by atoms with Crippen LogP contribution in [0.3, 0.4) is 0 Å². The highest BCUT2D eigenvalue weighted by atomic mass is 16.5. The van der Waals surface area contributed by atoms with Crippen LogP contribution < -0.4 is 15.2 Å². The van der Waals surface area contributed by atoms with Gasteiger partial charge in [0.15, 0.2) is 5.65 Å². The molecule has 2 aromatic heterocycles. The van der Waals surface area contributed by atoms with Crippen LogP contribution in [-0.4, -0.2) is 29.4 Å². The summed E-state index contributed by atoms with van der Waals surface area (Å²) >= 11 is 0. The Morgan fingerprint density at radius 3 is 2.00 bits per heavy atom. The van der Waals surface area contributed by atoms with Crippen LogP contribution in [0, 0.1) is 0 Å². The minimum absolute atomic E-state index is 0.500. The fourth-order valence-corrected chi connectivity index (χ4v) is 2.96. The number of nitrogens with two attached hydrogens (primary N) is 1. The van der Waals surface area contributed by atoms with E-state index in [0.717, 1.165) is 39.3 Å². The number of hydrogen-bond acceptors (Lipinski definition) is 5. The topological polar surface area (TPSA) is 86.0 Å². The molecule has 4 rings (SSSR count). The summed E-state index contributed by atoms with van der Waals surface area (Å²) in [5.74, 6) is 2.10. The van der Waals surface area contributed by atoms with Crippen molar-refractivity contribution in [2.45, 2.75) is 0 Å². The van der Waals surface area contributed by atoms with Crippen molar-refractivity contribution in [2.75, 3.05) is 20.0 Å². The van der Waals surface area contributed by atoms with E-state index in [4.69, 9.17) is 15.2 Å². The van der Waals surface area contributed by atoms with Gasteiger partial charge in [0.1, 0.15) is 17.3 Å². The first-order chi connectivity index (χ1) is 12.7. The third-order valence-corrected chi connectivity index (χ3v) is 4.34. The molecular formula is C20H18N4O2. The molecule has 0 bridgehead atoms. The van der Waals surface area contributed by atoms with Crippen LogP contribution in [0.15, 0.2) is 54.6 Å². The summed E-state index contributed by atoms with van der Waals surface area (Å²) in [5.41, 5.74) is 10.5. The van der Waals surface area contributed by atoms with E-state index in [1.165, 1.54) is 0 Å². The van der Waals surface area contributed by atoms with Crippen LogP contribution in [-0.2, 0) is 0 Å². The Hall–Kier alpha value is -3.54. The highest BCUT2D eigenvalue weighted by molar-refractivity contribution is 6.01. The maximum absolute atomic E-state index is 6.10. The predicted octanol–water partition coefficient (Wildman–Crippen LogP) is 3.89. The molecular weight excluding hydrogens is 328 g/mol.